The van der Waals surface area contributed by atoms with E-state index in [4.69, 9.17) is 9.84 Å². The second-order valence-corrected chi connectivity index (χ2v) is 5.70. The largest absolute Gasteiger partial charge is 0.481 e. The van der Waals surface area contributed by atoms with Gasteiger partial charge in [-0.05, 0) is 37.6 Å². The van der Waals surface area contributed by atoms with Gasteiger partial charge in [0.1, 0.15) is 0 Å². The molecule has 4 heteroatoms. The van der Waals surface area contributed by atoms with Crippen LogP contribution in [0.5, 0.6) is 0 Å². The molecule has 106 valence electrons. The first kappa shape index (κ1) is 15.4. The average molecular weight is 257 g/mol. The van der Waals surface area contributed by atoms with Gasteiger partial charge in [-0.25, -0.2) is 0 Å². The van der Waals surface area contributed by atoms with Gasteiger partial charge < -0.3 is 9.84 Å². The molecule has 0 aromatic heterocycles. The molecule has 1 heterocycles. The Bertz CT molecular complexity index is 255. The minimum atomic E-state index is -0.676. The predicted octanol–water partition coefficient (Wildman–Crippen LogP) is 2.23. The first-order valence-electron chi connectivity index (χ1n) is 6.99. The van der Waals surface area contributed by atoms with Crippen LogP contribution in [0.25, 0.3) is 0 Å². The Hall–Kier alpha value is -0.610. The van der Waals surface area contributed by atoms with E-state index in [1.807, 2.05) is 0 Å². The highest BCUT2D eigenvalue weighted by atomic mass is 16.5. The Labute approximate surface area is 110 Å². The Morgan fingerprint density at radius 1 is 1.50 bits per heavy atom. The Morgan fingerprint density at radius 2 is 2.22 bits per heavy atom. The molecule has 4 nitrogen and oxygen atoms in total. The number of aliphatic carboxylic acids is 1. The molecular formula is C14H27NO3. The van der Waals surface area contributed by atoms with Gasteiger partial charge in [-0.15, -0.1) is 0 Å². The third-order valence-corrected chi connectivity index (χ3v) is 3.89. The number of carbonyl (C=O) groups is 1. The summed E-state index contributed by atoms with van der Waals surface area (Å²) in [7, 11) is 1.75. The Kier molecular flexibility index (Phi) is 6.65. The zero-order chi connectivity index (χ0) is 13.5. The van der Waals surface area contributed by atoms with E-state index in [0.29, 0.717) is 24.3 Å². The molecule has 1 aliphatic heterocycles. The summed E-state index contributed by atoms with van der Waals surface area (Å²) in [4.78, 5) is 13.1. The number of hydrogen-bond donors (Lipinski definition) is 1. The smallest absolute Gasteiger partial charge is 0.303 e. The summed E-state index contributed by atoms with van der Waals surface area (Å²) in [5.41, 5.74) is 0. The van der Waals surface area contributed by atoms with E-state index < -0.39 is 5.97 Å². The van der Waals surface area contributed by atoms with Crippen LogP contribution in [-0.4, -0.2) is 48.8 Å². The van der Waals surface area contributed by atoms with Crippen LogP contribution in [0.1, 0.15) is 39.5 Å². The van der Waals surface area contributed by atoms with Crippen molar-refractivity contribution in [2.45, 2.75) is 45.6 Å². The molecule has 0 bridgehead atoms. The summed E-state index contributed by atoms with van der Waals surface area (Å²) in [6.45, 7) is 7.37. The maximum Gasteiger partial charge on any atom is 0.303 e. The maximum absolute atomic E-state index is 10.6. The summed E-state index contributed by atoms with van der Waals surface area (Å²) in [5.74, 6) is 0.431. The number of nitrogens with zero attached hydrogens (tertiary/aromatic N) is 1. The molecule has 0 amide bonds. The number of hydrogen-bond acceptors (Lipinski definition) is 3. The number of rotatable bonds is 7. The van der Waals surface area contributed by atoms with Gasteiger partial charge in [0.2, 0.25) is 0 Å². The first-order valence-corrected chi connectivity index (χ1v) is 6.99. The lowest BCUT2D eigenvalue weighted by Crippen LogP contribution is -2.47. The van der Waals surface area contributed by atoms with Crippen molar-refractivity contribution in [3.8, 4) is 0 Å². The van der Waals surface area contributed by atoms with Crippen molar-refractivity contribution in [3.05, 3.63) is 0 Å². The van der Waals surface area contributed by atoms with Crippen LogP contribution in [0, 0.1) is 11.8 Å². The lowest BCUT2D eigenvalue weighted by Gasteiger charge is -2.39. The van der Waals surface area contributed by atoms with Gasteiger partial charge in [0.25, 0.3) is 0 Å². The number of carboxylic acids is 1. The molecule has 2 atom stereocenters. The predicted molar refractivity (Wildman–Crippen MR) is 71.7 cm³/mol. The van der Waals surface area contributed by atoms with E-state index in [-0.39, 0.29) is 0 Å². The summed E-state index contributed by atoms with van der Waals surface area (Å²) in [6, 6.07) is 0.461. The lowest BCUT2D eigenvalue weighted by molar-refractivity contribution is -0.137. The molecule has 0 aromatic rings. The maximum atomic E-state index is 10.6. The highest BCUT2D eigenvalue weighted by Crippen LogP contribution is 2.24. The highest BCUT2D eigenvalue weighted by Gasteiger charge is 2.27. The second kappa shape index (κ2) is 7.74. The zero-order valence-corrected chi connectivity index (χ0v) is 11.9. The quantitative estimate of drug-likeness (QED) is 0.760. The van der Waals surface area contributed by atoms with Gasteiger partial charge in [-0.3, -0.25) is 9.69 Å². The van der Waals surface area contributed by atoms with Crippen LogP contribution in [0.4, 0.5) is 0 Å². The SMILES string of the molecule is COCC(C(C)C)N1CCCC(CCC(=O)O)C1. The molecule has 1 saturated heterocycles. The van der Waals surface area contributed by atoms with E-state index in [2.05, 4.69) is 18.7 Å². The molecule has 1 aliphatic rings. The van der Waals surface area contributed by atoms with Crippen molar-refractivity contribution >= 4 is 5.97 Å². The first-order chi connectivity index (χ1) is 8.54. The van der Waals surface area contributed by atoms with Crippen molar-refractivity contribution in [1.29, 1.82) is 0 Å². The van der Waals surface area contributed by atoms with Crippen LogP contribution in [-0.2, 0) is 9.53 Å². The standard InChI is InChI=1S/C14H27NO3/c1-11(2)13(10-18-3)15-8-4-5-12(9-15)6-7-14(16)17/h11-13H,4-10H2,1-3H3,(H,16,17). The van der Waals surface area contributed by atoms with E-state index in [1.54, 1.807) is 7.11 Å². The number of ether oxygens (including phenoxy) is 1. The molecule has 18 heavy (non-hydrogen) atoms. The zero-order valence-electron chi connectivity index (χ0n) is 11.9. The molecule has 2 unspecified atom stereocenters. The lowest BCUT2D eigenvalue weighted by atomic mass is 9.91. The molecule has 1 fully saturated rings. The Balaban J connectivity index is 2.47. The van der Waals surface area contributed by atoms with E-state index in [0.717, 1.165) is 26.1 Å². The van der Waals surface area contributed by atoms with Gasteiger partial charge in [-0.2, -0.15) is 0 Å². The number of methoxy groups -OCH3 is 1. The van der Waals surface area contributed by atoms with Crippen LogP contribution in [0.3, 0.4) is 0 Å². The third kappa shape index (κ3) is 4.94. The van der Waals surface area contributed by atoms with Crippen LogP contribution >= 0.6 is 0 Å². The van der Waals surface area contributed by atoms with E-state index in [1.165, 1.54) is 12.8 Å². The number of piperidine rings is 1. The summed E-state index contributed by atoms with van der Waals surface area (Å²) >= 11 is 0. The van der Waals surface area contributed by atoms with Crippen molar-refractivity contribution in [3.63, 3.8) is 0 Å². The van der Waals surface area contributed by atoms with E-state index in [9.17, 15) is 4.79 Å². The summed E-state index contributed by atoms with van der Waals surface area (Å²) < 4.78 is 5.32. The molecular weight excluding hydrogens is 230 g/mol. The van der Waals surface area contributed by atoms with Gasteiger partial charge >= 0.3 is 5.97 Å². The summed E-state index contributed by atoms with van der Waals surface area (Å²) in [5, 5.41) is 8.76. The number of likely N-dealkylation sites (tertiary alicyclic amines) is 1. The molecule has 0 radical (unpaired) electrons. The minimum Gasteiger partial charge on any atom is -0.481 e. The topological polar surface area (TPSA) is 49.8 Å². The normalized spacial score (nSPS) is 23.2. The van der Waals surface area contributed by atoms with Crippen molar-refractivity contribution in [2.24, 2.45) is 11.8 Å². The molecule has 0 aromatic carbocycles. The fourth-order valence-electron chi connectivity index (χ4n) is 2.85. The van der Waals surface area contributed by atoms with Gasteiger partial charge in [-0.1, -0.05) is 13.8 Å². The monoisotopic (exact) mass is 257 g/mol. The van der Waals surface area contributed by atoms with Gasteiger partial charge in [0.15, 0.2) is 0 Å². The molecule has 1 N–H and O–H groups in total. The molecule has 0 aliphatic carbocycles. The fourth-order valence-corrected chi connectivity index (χ4v) is 2.85. The van der Waals surface area contributed by atoms with Gasteiger partial charge in [0.05, 0.1) is 6.61 Å². The molecule has 0 spiro atoms. The minimum absolute atomic E-state index is 0.301. The highest BCUT2D eigenvalue weighted by molar-refractivity contribution is 5.66. The fraction of sp³-hybridized carbons (Fsp3) is 0.929. The molecule has 0 saturated carbocycles. The second-order valence-electron chi connectivity index (χ2n) is 5.70. The van der Waals surface area contributed by atoms with Crippen molar-refractivity contribution in [2.75, 3.05) is 26.8 Å². The van der Waals surface area contributed by atoms with E-state index >= 15 is 0 Å². The Morgan fingerprint density at radius 3 is 2.78 bits per heavy atom. The average Bonchev–Trinajstić information content (AvgIpc) is 2.33. The van der Waals surface area contributed by atoms with Crippen molar-refractivity contribution in [1.82, 2.24) is 4.90 Å². The number of carboxylic acid groups (broad SMARTS) is 1. The third-order valence-electron chi connectivity index (χ3n) is 3.89. The van der Waals surface area contributed by atoms with Crippen LogP contribution < -0.4 is 0 Å². The van der Waals surface area contributed by atoms with Gasteiger partial charge in [0, 0.05) is 26.1 Å². The molecule has 1 rings (SSSR count). The van der Waals surface area contributed by atoms with Crippen LogP contribution in [0.15, 0.2) is 0 Å². The summed E-state index contributed by atoms with van der Waals surface area (Å²) in [6.07, 6.45) is 3.46. The van der Waals surface area contributed by atoms with Crippen LogP contribution in [0.2, 0.25) is 0 Å². The van der Waals surface area contributed by atoms with Crippen molar-refractivity contribution < 1.29 is 14.6 Å².